The van der Waals surface area contributed by atoms with E-state index in [2.05, 4.69) is 4.98 Å². The van der Waals surface area contributed by atoms with E-state index in [9.17, 15) is 14.4 Å². The largest absolute Gasteiger partial charge is 0.395 e. The van der Waals surface area contributed by atoms with Gasteiger partial charge in [-0.25, -0.2) is 0 Å². The van der Waals surface area contributed by atoms with Crippen LogP contribution in [0.4, 0.5) is 5.69 Å². The average Bonchev–Trinajstić information content (AvgIpc) is 2.68. The lowest BCUT2D eigenvalue weighted by Gasteiger charge is -2.22. The molecule has 0 atom stereocenters. The van der Waals surface area contributed by atoms with Crippen molar-refractivity contribution < 1.29 is 9.59 Å². The van der Waals surface area contributed by atoms with Crippen molar-refractivity contribution in [3.8, 4) is 11.3 Å². The van der Waals surface area contributed by atoms with Gasteiger partial charge in [0.25, 0.3) is 0 Å². The lowest BCUT2D eigenvalue weighted by Crippen LogP contribution is -2.28. The fraction of sp³-hybridized carbons (Fsp3) is 0. The van der Waals surface area contributed by atoms with Gasteiger partial charge in [0.2, 0.25) is 5.43 Å². The Bertz CT molecular complexity index is 1350. The van der Waals surface area contributed by atoms with E-state index in [1.165, 1.54) is 0 Å². The van der Waals surface area contributed by atoms with Gasteiger partial charge in [-0.3, -0.25) is 14.4 Å². The molecular weight excluding hydrogens is 364 g/mol. The Balaban J connectivity index is 1.98. The van der Waals surface area contributed by atoms with Crippen molar-refractivity contribution in [2.24, 2.45) is 0 Å². The Morgan fingerprint density at radius 1 is 0.815 bits per heavy atom. The van der Waals surface area contributed by atoms with Gasteiger partial charge in [0.15, 0.2) is 11.6 Å². The van der Waals surface area contributed by atoms with Crippen molar-refractivity contribution in [3.63, 3.8) is 0 Å². The molecule has 0 unspecified atom stereocenters. The molecule has 3 N–H and O–H groups in total. The van der Waals surface area contributed by atoms with Crippen LogP contribution in [0.2, 0.25) is 5.02 Å². The number of H-pyrrole nitrogens is 1. The molecule has 0 amide bonds. The van der Waals surface area contributed by atoms with Crippen LogP contribution in [0.1, 0.15) is 31.8 Å². The molecule has 0 radical (unpaired) electrons. The molecule has 1 aliphatic heterocycles. The number of hydrogen-bond acceptors (Lipinski definition) is 4. The summed E-state index contributed by atoms with van der Waals surface area (Å²) >= 11 is 6.04. The zero-order valence-corrected chi connectivity index (χ0v) is 14.6. The van der Waals surface area contributed by atoms with E-state index in [-0.39, 0.29) is 33.7 Å². The average molecular weight is 375 g/mol. The van der Waals surface area contributed by atoms with Crippen molar-refractivity contribution in [1.82, 2.24) is 4.98 Å². The summed E-state index contributed by atoms with van der Waals surface area (Å²) < 4.78 is 0. The van der Waals surface area contributed by atoms with Crippen LogP contribution in [0.15, 0.2) is 53.3 Å². The zero-order valence-electron chi connectivity index (χ0n) is 13.8. The number of fused-ring (bicyclic) bond motifs is 5. The maximum Gasteiger partial charge on any atom is 0.211 e. The molecule has 0 spiro atoms. The molecule has 2 aromatic carbocycles. The lowest BCUT2D eigenvalue weighted by molar-refractivity contribution is 0.0980. The highest BCUT2D eigenvalue weighted by molar-refractivity contribution is 6.32. The van der Waals surface area contributed by atoms with Gasteiger partial charge < -0.3 is 10.7 Å². The predicted octanol–water partition coefficient (Wildman–Crippen LogP) is 3.64. The topological polar surface area (TPSA) is 93.0 Å². The second-order valence-electron chi connectivity index (χ2n) is 6.49. The molecule has 27 heavy (non-hydrogen) atoms. The quantitative estimate of drug-likeness (QED) is 0.319. The van der Waals surface area contributed by atoms with Crippen LogP contribution in [-0.2, 0) is 0 Å². The van der Waals surface area contributed by atoms with Gasteiger partial charge in [0.1, 0.15) is 0 Å². The van der Waals surface area contributed by atoms with Gasteiger partial charge in [-0.2, -0.15) is 0 Å². The SMILES string of the molecule is Nc1c2c(c3[nH]c4ccc(Cl)cc4cc-3c1=O)C(=O)c1ccccc1C2=O. The van der Waals surface area contributed by atoms with Crippen LogP contribution < -0.4 is 11.2 Å². The fourth-order valence-corrected chi connectivity index (χ4v) is 3.88. The number of anilines is 1. The van der Waals surface area contributed by atoms with Crippen molar-refractivity contribution in [3.05, 3.63) is 86.0 Å². The van der Waals surface area contributed by atoms with Crippen LogP contribution in [-0.4, -0.2) is 16.6 Å². The number of rotatable bonds is 0. The van der Waals surface area contributed by atoms with Crippen LogP contribution >= 0.6 is 11.6 Å². The summed E-state index contributed by atoms with van der Waals surface area (Å²) in [5.74, 6) is -0.747. The minimum Gasteiger partial charge on any atom is -0.395 e. The number of ketones is 2. The first-order valence-electron chi connectivity index (χ1n) is 8.23. The first-order valence-corrected chi connectivity index (χ1v) is 8.61. The molecule has 0 fully saturated rings. The number of nitrogen functional groups attached to an aromatic ring is 1. The summed E-state index contributed by atoms with van der Waals surface area (Å²) in [6.45, 7) is 0. The fourth-order valence-electron chi connectivity index (χ4n) is 3.70. The van der Waals surface area contributed by atoms with Gasteiger partial charge in [0.05, 0.1) is 22.5 Å². The number of benzene rings is 3. The molecule has 5 rings (SSSR count). The Labute approximate surface area is 157 Å². The van der Waals surface area contributed by atoms with Crippen LogP contribution in [0, 0.1) is 0 Å². The Hall–Kier alpha value is -3.44. The zero-order chi connectivity index (χ0) is 18.9. The van der Waals surface area contributed by atoms with Gasteiger partial charge in [-0.05, 0) is 24.3 Å². The van der Waals surface area contributed by atoms with Gasteiger partial charge in [-0.1, -0.05) is 35.9 Å². The van der Waals surface area contributed by atoms with E-state index in [0.29, 0.717) is 27.2 Å². The highest BCUT2D eigenvalue weighted by atomic mass is 35.5. The molecule has 0 saturated carbocycles. The molecule has 2 aromatic rings. The molecule has 0 aromatic heterocycles. The molecule has 6 heteroatoms. The van der Waals surface area contributed by atoms with Gasteiger partial charge in [-0.15, -0.1) is 0 Å². The minimum atomic E-state index is -0.484. The molecular formula is C21H11ClN2O3. The lowest BCUT2D eigenvalue weighted by atomic mass is 9.80. The Kier molecular flexibility index (Phi) is 3.09. The van der Waals surface area contributed by atoms with Crippen molar-refractivity contribution >= 4 is 39.8 Å². The van der Waals surface area contributed by atoms with Crippen molar-refractivity contribution in [2.75, 3.05) is 5.73 Å². The third-order valence-corrected chi connectivity index (χ3v) is 5.21. The maximum atomic E-state index is 13.2. The number of carbonyl (C=O) groups excluding carboxylic acids is 2. The van der Waals surface area contributed by atoms with E-state index >= 15 is 0 Å². The molecule has 5 nitrogen and oxygen atoms in total. The third-order valence-electron chi connectivity index (χ3n) is 4.97. The number of carbonyl (C=O) groups is 2. The van der Waals surface area contributed by atoms with E-state index < -0.39 is 11.2 Å². The summed E-state index contributed by atoms with van der Waals surface area (Å²) in [4.78, 5) is 42.1. The van der Waals surface area contributed by atoms with Gasteiger partial charge in [0, 0.05) is 32.6 Å². The molecule has 1 heterocycles. The monoisotopic (exact) mass is 374 g/mol. The number of aromatic amines is 1. The highest BCUT2D eigenvalue weighted by Crippen LogP contribution is 2.37. The molecule has 0 bridgehead atoms. The number of halogens is 1. The highest BCUT2D eigenvalue weighted by Gasteiger charge is 2.36. The van der Waals surface area contributed by atoms with Crippen LogP contribution in [0.3, 0.4) is 0 Å². The first-order chi connectivity index (χ1) is 13.0. The summed E-state index contributed by atoms with van der Waals surface area (Å²) in [6, 6.07) is 13.4. The van der Waals surface area contributed by atoms with E-state index in [1.807, 2.05) is 0 Å². The van der Waals surface area contributed by atoms with Crippen LogP contribution in [0.5, 0.6) is 0 Å². The smallest absolute Gasteiger partial charge is 0.211 e. The molecule has 3 aliphatic rings. The van der Waals surface area contributed by atoms with Gasteiger partial charge >= 0.3 is 0 Å². The number of nitrogens with two attached hydrogens (primary N) is 1. The van der Waals surface area contributed by atoms with Crippen molar-refractivity contribution in [1.29, 1.82) is 0 Å². The number of hydrogen-bond donors (Lipinski definition) is 2. The third kappa shape index (κ3) is 2.03. The molecule has 0 saturated heterocycles. The van der Waals surface area contributed by atoms with E-state index in [0.717, 1.165) is 0 Å². The second-order valence-corrected chi connectivity index (χ2v) is 6.92. The Morgan fingerprint density at radius 2 is 1.48 bits per heavy atom. The maximum absolute atomic E-state index is 13.2. The molecule has 2 aliphatic carbocycles. The summed E-state index contributed by atoms with van der Waals surface area (Å²) in [7, 11) is 0. The molecule has 130 valence electrons. The number of aromatic nitrogens is 1. The standard InChI is InChI=1S/C21H11ClN2O3/c22-10-5-6-14-9(7-10)8-13-18(24-14)16-15(17(23)21(13)27)19(25)11-3-1-2-4-12(11)20(16)26/h1-8,24H,23H2. The minimum absolute atomic E-state index is 0.0271. The predicted molar refractivity (Wildman–Crippen MR) is 104 cm³/mol. The summed E-state index contributed by atoms with van der Waals surface area (Å²) in [5.41, 5.74) is 7.27. The first kappa shape index (κ1) is 15.8. The Morgan fingerprint density at radius 3 is 2.19 bits per heavy atom. The summed E-state index contributed by atoms with van der Waals surface area (Å²) in [6.07, 6.45) is 0. The number of pyridine rings is 1. The van der Waals surface area contributed by atoms with Crippen LogP contribution in [0.25, 0.3) is 22.2 Å². The van der Waals surface area contributed by atoms with E-state index in [1.54, 1.807) is 48.5 Å². The number of nitrogens with one attached hydrogen (secondary N) is 1. The summed E-state index contributed by atoms with van der Waals surface area (Å²) in [5, 5.41) is 1.23. The van der Waals surface area contributed by atoms with E-state index in [4.69, 9.17) is 17.3 Å². The second kappa shape index (κ2) is 5.28. The van der Waals surface area contributed by atoms with Crippen molar-refractivity contribution in [2.45, 2.75) is 0 Å². The normalized spacial score (nSPS) is 13.1.